The van der Waals surface area contributed by atoms with Gasteiger partial charge in [0.1, 0.15) is 17.2 Å². The average Bonchev–Trinajstić information content (AvgIpc) is 3.17. The van der Waals surface area contributed by atoms with E-state index in [2.05, 4.69) is 34.6 Å². The third kappa shape index (κ3) is 4.87. The monoisotopic (exact) mass is 527 g/mol. The molecule has 0 N–H and O–H groups in total. The minimum Gasteiger partial charge on any atom is -0.480 e. The highest BCUT2D eigenvalue weighted by Crippen LogP contribution is 2.56. The highest BCUT2D eigenvalue weighted by molar-refractivity contribution is 6.77. The van der Waals surface area contributed by atoms with Crippen molar-refractivity contribution < 1.29 is 18.7 Å². The third-order valence-electron chi connectivity index (χ3n) is 8.88. The minimum atomic E-state index is -0.926. The van der Waals surface area contributed by atoms with Crippen LogP contribution in [0, 0.1) is 16.6 Å². The number of nitrogens with zero attached hydrogens (tertiary/aromatic N) is 1. The number of carbonyl (C=O) groups is 1. The van der Waals surface area contributed by atoms with Crippen LogP contribution in [-0.2, 0) is 10.3 Å². The Morgan fingerprint density at radius 3 is 2.27 bits per heavy atom. The van der Waals surface area contributed by atoms with Crippen molar-refractivity contribution in [1.82, 2.24) is 4.90 Å². The summed E-state index contributed by atoms with van der Waals surface area (Å²) in [6.45, 7) is 17.1. The number of likely N-dealkylation sites (N-methyl/N-ethyl adjacent to an activating group) is 1. The Morgan fingerprint density at radius 1 is 1.16 bits per heavy atom. The highest BCUT2D eigenvalue weighted by Gasteiger charge is 2.54. The summed E-state index contributed by atoms with van der Waals surface area (Å²) in [5.74, 6) is -0.141. The Balaban J connectivity index is 1.83. The fraction of sp³-hybridized carbons (Fsp3) is 0.567. The topological polar surface area (TPSA) is 38.8 Å². The number of benzene rings is 2. The molecular weight excluding hydrogens is 488 g/mol. The number of ether oxygens (including phenoxy) is 2. The van der Waals surface area contributed by atoms with Gasteiger partial charge in [-0.05, 0) is 42.7 Å². The van der Waals surface area contributed by atoms with Crippen LogP contribution < -0.4 is 10.2 Å². The Labute approximate surface area is 226 Å². The quantitative estimate of drug-likeness (QED) is 0.386. The van der Waals surface area contributed by atoms with E-state index in [4.69, 9.17) is 21.1 Å². The van der Waals surface area contributed by atoms with Crippen molar-refractivity contribution in [3.8, 4) is 5.75 Å². The molecule has 200 valence electrons. The standard InChI is InChI=1S/C30H40BClFNO3/c1-19-23-22(15-21(33)25(32)24(23)31-16-28(5,6)29(7,8)17-31)36-30(19,20-13-11-10-12-14-20)18-34(9)26(35)37-27(2,3)4/h10-15,19H,16-18H2,1-9H3/t19-,30-/m0/s1. The van der Waals surface area contributed by atoms with Crippen molar-refractivity contribution in [3.05, 3.63) is 58.4 Å². The molecule has 2 aromatic rings. The second kappa shape index (κ2) is 9.22. The fourth-order valence-corrected chi connectivity index (χ4v) is 6.50. The zero-order valence-electron chi connectivity index (χ0n) is 23.7. The fourth-order valence-electron chi connectivity index (χ4n) is 6.19. The smallest absolute Gasteiger partial charge is 0.410 e. The Bertz CT molecular complexity index is 1180. The van der Waals surface area contributed by atoms with Gasteiger partial charge in [-0.25, -0.2) is 9.18 Å². The van der Waals surface area contributed by atoms with E-state index in [9.17, 15) is 4.79 Å². The lowest BCUT2D eigenvalue weighted by Gasteiger charge is -2.37. The molecule has 2 heterocycles. The van der Waals surface area contributed by atoms with E-state index in [1.807, 2.05) is 51.1 Å². The molecule has 4 rings (SSSR count). The minimum absolute atomic E-state index is 0.0797. The normalized spacial score (nSPS) is 24.0. The van der Waals surface area contributed by atoms with Gasteiger partial charge in [-0.2, -0.15) is 0 Å². The van der Waals surface area contributed by atoms with E-state index in [1.165, 1.54) is 6.07 Å². The van der Waals surface area contributed by atoms with Gasteiger partial charge in [0.2, 0.25) is 0 Å². The van der Waals surface area contributed by atoms with E-state index in [0.29, 0.717) is 5.75 Å². The molecule has 7 heteroatoms. The van der Waals surface area contributed by atoms with Gasteiger partial charge >= 0.3 is 6.09 Å². The summed E-state index contributed by atoms with van der Waals surface area (Å²) >= 11 is 6.76. The molecule has 2 aliphatic rings. The average molecular weight is 528 g/mol. The van der Waals surface area contributed by atoms with Crippen LogP contribution in [0.15, 0.2) is 36.4 Å². The van der Waals surface area contributed by atoms with Gasteiger partial charge in [-0.1, -0.05) is 94.7 Å². The lowest BCUT2D eigenvalue weighted by molar-refractivity contribution is -0.000660. The summed E-state index contributed by atoms with van der Waals surface area (Å²) in [6, 6.07) is 11.3. The molecule has 37 heavy (non-hydrogen) atoms. The van der Waals surface area contributed by atoms with E-state index >= 15 is 4.39 Å². The first-order valence-corrected chi connectivity index (χ1v) is 13.6. The van der Waals surface area contributed by atoms with Gasteiger partial charge in [0.15, 0.2) is 12.3 Å². The lowest BCUT2D eigenvalue weighted by atomic mass is 9.40. The number of amides is 1. The van der Waals surface area contributed by atoms with Gasteiger partial charge in [0.25, 0.3) is 0 Å². The van der Waals surface area contributed by atoms with Gasteiger partial charge in [0, 0.05) is 19.0 Å². The predicted octanol–water partition coefficient (Wildman–Crippen LogP) is 7.51. The molecule has 1 amide bonds. The molecule has 0 spiro atoms. The number of carbonyl (C=O) groups excluding carboxylic acids is 1. The molecule has 0 unspecified atom stereocenters. The molecule has 0 radical (unpaired) electrons. The van der Waals surface area contributed by atoms with Crippen molar-refractivity contribution in [2.75, 3.05) is 13.6 Å². The number of fused-ring (bicyclic) bond motifs is 1. The molecule has 0 aromatic heterocycles. The molecule has 2 aliphatic heterocycles. The van der Waals surface area contributed by atoms with E-state index in [-0.39, 0.29) is 35.0 Å². The first kappa shape index (κ1) is 27.8. The van der Waals surface area contributed by atoms with E-state index in [1.54, 1.807) is 11.9 Å². The van der Waals surface area contributed by atoms with Crippen LogP contribution in [0.2, 0.25) is 17.7 Å². The summed E-state index contributed by atoms with van der Waals surface area (Å²) < 4.78 is 27.7. The lowest BCUT2D eigenvalue weighted by Crippen LogP contribution is -2.48. The molecular formula is C30H40BClFNO3. The van der Waals surface area contributed by atoms with Crippen molar-refractivity contribution in [2.24, 2.45) is 10.8 Å². The van der Waals surface area contributed by atoms with Crippen molar-refractivity contribution in [2.45, 2.75) is 85.2 Å². The first-order valence-electron chi connectivity index (χ1n) is 13.2. The SMILES string of the molecule is C[C@H]1c2c(cc(F)c(Cl)c2B2CC(C)(C)C(C)(C)C2)O[C@]1(CN(C)C(=O)OC(C)(C)C)c1ccccc1. The predicted molar refractivity (Wildman–Crippen MR) is 150 cm³/mol. The maximum Gasteiger partial charge on any atom is 0.410 e. The maximum atomic E-state index is 15.3. The van der Waals surface area contributed by atoms with Gasteiger partial charge in [0.05, 0.1) is 11.6 Å². The Morgan fingerprint density at radius 2 is 1.73 bits per heavy atom. The van der Waals surface area contributed by atoms with Crippen LogP contribution in [-0.4, -0.2) is 36.9 Å². The van der Waals surface area contributed by atoms with E-state index < -0.39 is 23.1 Å². The largest absolute Gasteiger partial charge is 0.480 e. The summed E-state index contributed by atoms with van der Waals surface area (Å²) in [5.41, 5.74) is 1.34. The maximum absolute atomic E-state index is 15.3. The molecule has 0 saturated carbocycles. The van der Waals surface area contributed by atoms with Crippen LogP contribution in [0.3, 0.4) is 0 Å². The van der Waals surface area contributed by atoms with E-state index in [0.717, 1.165) is 29.2 Å². The second-order valence-corrected chi connectivity index (χ2v) is 13.7. The summed E-state index contributed by atoms with van der Waals surface area (Å²) in [5, 5.41) is 0.192. The van der Waals surface area contributed by atoms with Crippen molar-refractivity contribution in [3.63, 3.8) is 0 Å². The molecule has 0 aliphatic carbocycles. The Kier molecular flexibility index (Phi) is 6.93. The second-order valence-electron chi connectivity index (χ2n) is 13.3. The van der Waals surface area contributed by atoms with Gasteiger partial charge in [-0.3, -0.25) is 0 Å². The number of halogens is 2. The molecule has 1 fully saturated rings. The summed E-state index contributed by atoms with van der Waals surface area (Å²) in [6.07, 6.45) is 1.40. The zero-order chi connectivity index (χ0) is 27.6. The third-order valence-corrected chi connectivity index (χ3v) is 9.26. The molecule has 0 bridgehead atoms. The van der Waals surface area contributed by atoms with Crippen LogP contribution >= 0.6 is 11.6 Å². The molecule has 2 aromatic carbocycles. The van der Waals surface area contributed by atoms with Gasteiger partial charge in [-0.15, -0.1) is 0 Å². The molecule has 1 saturated heterocycles. The Hall–Kier alpha value is -2.21. The van der Waals surface area contributed by atoms with Crippen LogP contribution in [0.25, 0.3) is 0 Å². The van der Waals surface area contributed by atoms with Gasteiger partial charge < -0.3 is 14.4 Å². The van der Waals surface area contributed by atoms with Crippen LogP contribution in [0.4, 0.5) is 9.18 Å². The molecule has 4 nitrogen and oxygen atoms in total. The van der Waals surface area contributed by atoms with Crippen LogP contribution in [0.5, 0.6) is 5.75 Å². The number of hydrogen-bond acceptors (Lipinski definition) is 3. The molecule has 2 atom stereocenters. The number of hydrogen-bond donors (Lipinski definition) is 0. The summed E-state index contributed by atoms with van der Waals surface area (Å²) in [4.78, 5) is 14.5. The first-order chi connectivity index (χ1) is 17.0. The highest BCUT2D eigenvalue weighted by atomic mass is 35.5. The van der Waals surface area contributed by atoms with Crippen molar-refractivity contribution >= 4 is 29.9 Å². The number of rotatable bonds is 4. The van der Waals surface area contributed by atoms with Crippen LogP contribution in [0.1, 0.15) is 72.4 Å². The zero-order valence-corrected chi connectivity index (χ0v) is 24.4. The van der Waals surface area contributed by atoms with Crippen molar-refractivity contribution in [1.29, 1.82) is 0 Å². The summed E-state index contributed by atoms with van der Waals surface area (Å²) in [7, 11) is 1.72.